The number of anilines is 2. The van der Waals surface area contributed by atoms with Crippen molar-refractivity contribution < 1.29 is 9.53 Å². The van der Waals surface area contributed by atoms with Crippen LogP contribution in [-0.2, 0) is 4.74 Å². The normalized spacial score (nSPS) is 18.9. The molecule has 19 heavy (non-hydrogen) atoms. The first-order chi connectivity index (χ1) is 9.04. The van der Waals surface area contributed by atoms with Crippen LogP contribution in [0.4, 0.5) is 11.5 Å². The summed E-state index contributed by atoms with van der Waals surface area (Å²) in [4.78, 5) is 18.4. The van der Waals surface area contributed by atoms with E-state index in [2.05, 4.69) is 23.7 Å². The largest absolute Gasteiger partial charge is 0.465 e. The predicted octanol–water partition coefficient (Wildman–Crippen LogP) is 2.08. The smallest absolute Gasteiger partial charge is 0.341 e. The van der Waals surface area contributed by atoms with Crippen LogP contribution in [0, 0.1) is 5.92 Å². The maximum Gasteiger partial charge on any atom is 0.341 e. The fraction of sp³-hybridized carbons (Fsp3) is 0.571. The quantitative estimate of drug-likeness (QED) is 0.845. The van der Waals surface area contributed by atoms with Crippen LogP contribution < -0.4 is 10.6 Å². The van der Waals surface area contributed by atoms with Crippen LogP contribution in [0.2, 0.25) is 0 Å². The lowest BCUT2D eigenvalue weighted by molar-refractivity contribution is 0.0601. The molecule has 0 radical (unpaired) electrons. The molecule has 1 aromatic rings. The number of carbonyl (C=O) groups is 1. The monoisotopic (exact) mass is 263 g/mol. The molecule has 1 aromatic heterocycles. The second-order valence-electron chi connectivity index (χ2n) is 5.28. The van der Waals surface area contributed by atoms with Crippen molar-refractivity contribution in [1.82, 2.24) is 4.98 Å². The lowest BCUT2D eigenvalue weighted by atomic mass is 10.0. The minimum Gasteiger partial charge on any atom is -0.465 e. The highest BCUT2D eigenvalue weighted by Gasteiger charge is 2.31. The number of nitrogens with two attached hydrogens (primary N) is 1. The number of ether oxygens (including phenoxy) is 1. The molecule has 5 nitrogen and oxygen atoms in total. The van der Waals surface area contributed by atoms with E-state index in [1.807, 2.05) is 0 Å². The number of rotatable bonds is 3. The van der Waals surface area contributed by atoms with Crippen molar-refractivity contribution in [2.75, 3.05) is 24.3 Å². The summed E-state index contributed by atoms with van der Waals surface area (Å²) in [6.45, 7) is 5.31. The van der Waals surface area contributed by atoms with Crippen LogP contribution in [-0.4, -0.2) is 30.6 Å². The summed E-state index contributed by atoms with van der Waals surface area (Å²) in [7, 11) is 1.37. The molecule has 2 rings (SSSR count). The van der Waals surface area contributed by atoms with E-state index in [-0.39, 0.29) is 5.97 Å². The highest BCUT2D eigenvalue weighted by Crippen LogP contribution is 2.31. The number of pyridine rings is 1. The molecule has 5 heteroatoms. The van der Waals surface area contributed by atoms with Crippen molar-refractivity contribution >= 4 is 17.5 Å². The van der Waals surface area contributed by atoms with Gasteiger partial charge in [-0.15, -0.1) is 0 Å². The fourth-order valence-electron chi connectivity index (χ4n) is 2.71. The Hall–Kier alpha value is -1.78. The Bertz CT molecular complexity index is 474. The Morgan fingerprint density at radius 1 is 1.58 bits per heavy atom. The molecule has 1 aliphatic rings. The van der Waals surface area contributed by atoms with E-state index in [0.717, 1.165) is 19.4 Å². The van der Waals surface area contributed by atoms with E-state index in [4.69, 9.17) is 10.5 Å². The van der Waals surface area contributed by atoms with Gasteiger partial charge in [0.15, 0.2) is 0 Å². The lowest BCUT2D eigenvalue weighted by Gasteiger charge is -2.29. The number of methoxy groups -OCH3 is 1. The average molecular weight is 263 g/mol. The Balaban J connectivity index is 2.41. The standard InChI is InChI=1S/C14H21N3O2/c1-9(2)12-5-4-6-17(12)13-11(14(18)19-3)7-10(15)8-16-13/h7-9,12H,4-6,15H2,1-3H3. The van der Waals surface area contributed by atoms with Gasteiger partial charge in [-0.1, -0.05) is 13.8 Å². The molecule has 1 saturated heterocycles. The zero-order chi connectivity index (χ0) is 14.0. The van der Waals surface area contributed by atoms with Crippen LogP contribution in [0.5, 0.6) is 0 Å². The van der Waals surface area contributed by atoms with Gasteiger partial charge >= 0.3 is 5.97 Å². The van der Waals surface area contributed by atoms with E-state index in [0.29, 0.717) is 29.0 Å². The number of nitrogens with zero attached hydrogens (tertiary/aromatic N) is 2. The average Bonchev–Trinajstić information content (AvgIpc) is 2.87. The van der Waals surface area contributed by atoms with Gasteiger partial charge in [-0.3, -0.25) is 0 Å². The molecule has 0 aromatic carbocycles. The SMILES string of the molecule is COC(=O)c1cc(N)cnc1N1CCCC1C(C)C. The topological polar surface area (TPSA) is 68.5 Å². The highest BCUT2D eigenvalue weighted by molar-refractivity contribution is 5.95. The van der Waals surface area contributed by atoms with Crippen molar-refractivity contribution in [3.05, 3.63) is 17.8 Å². The second-order valence-corrected chi connectivity index (χ2v) is 5.28. The lowest BCUT2D eigenvalue weighted by Crippen LogP contribution is -2.35. The molecule has 0 spiro atoms. The van der Waals surface area contributed by atoms with Gasteiger partial charge in [-0.2, -0.15) is 0 Å². The van der Waals surface area contributed by atoms with E-state index in [1.165, 1.54) is 7.11 Å². The van der Waals surface area contributed by atoms with E-state index >= 15 is 0 Å². The van der Waals surface area contributed by atoms with Crippen LogP contribution >= 0.6 is 0 Å². The summed E-state index contributed by atoms with van der Waals surface area (Å²) in [5.74, 6) is 0.828. The summed E-state index contributed by atoms with van der Waals surface area (Å²) in [5.41, 5.74) is 6.65. The third-order valence-corrected chi connectivity index (χ3v) is 3.63. The summed E-state index contributed by atoms with van der Waals surface area (Å²) < 4.78 is 4.83. The van der Waals surface area contributed by atoms with Gasteiger partial charge in [0.2, 0.25) is 0 Å². The first kappa shape index (κ1) is 13.6. The Labute approximate surface area is 113 Å². The number of nitrogen functional groups attached to an aromatic ring is 1. The Morgan fingerprint density at radius 2 is 2.32 bits per heavy atom. The van der Waals surface area contributed by atoms with Gasteiger partial charge in [0.05, 0.1) is 19.0 Å². The van der Waals surface area contributed by atoms with Crippen LogP contribution in [0.25, 0.3) is 0 Å². The van der Waals surface area contributed by atoms with Crippen LogP contribution in [0.3, 0.4) is 0 Å². The Morgan fingerprint density at radius 3 is 2.95 bits per heavy atom. The molecular formula is C14H21N3O2. The first-order valence-electron chi connectivity index (χ1n) is 6.65. The number of aromatic nitrogens is 1. The third-order valence-electron chi connectivity index (χ3n) is 3.63. The Kier molecular flexibility index (Phi) is 3.93. The van der Waals surface area contributed by atoms with E-state index < -0.39 is 0 Å². The van der Waals surface area contributed by atoms with Gasteiger partial charge in [0.25, 0.3) is 0 Å². The van der Waals surface area contributed by atoms with Crippen LogP contribution in [0.1, 0.15) is 37.0 Å². The zero-order valence-corrected chi connectivity index (χ0v) is 11.7. The number of carbonyl (C=O) groups excluding carboxylic acids is 1. The van der Waals surface area contributed by atoms with E-state index in [1.54, 1.807) is 12.3 Å². The summed E-state index contributed by atoms with van der Waals surface area (Å²) in [6, 6.07) is 2.06. The molecular weight excluding hydrogens is 242 g/mol. The molecule has 2 N–H and O–H groups in total. The van der Waals surface area contributed by atoms with Gasteiger partial charge in [0.1, 0.15) is 11.4 Å². The van der Waals surface area contributed by atoms with Crippen molar-refractivity contribution in [2.45, 2.75) is 32.7 Å². The van der Waals surface area contributed by atoms with E-state index in [9.17, 15) is 4.79 Å². The fourth-order valence-corrected chi connectivity index (χ4v) is 2.71. The zero-order valence-electron chi connectivity index (χ0n) is 11.7. The molecule has 1 aliphatic heterocycles. The highest BCUT2D eigenvalue weighted by atomic mass is 16.5. The van der Waals surface area contributed by atoms with Gasteiger partial charge in [-0.25, -0.2) is 9.78 Å². The molecule has 1 unspecified atom stereocenters. The molecule has 0 aliphatic carbocycles. The molecule has 0 saturated carbocycles. The van der Waals surface area contributed by atoms with Gasteiger partial charge in [-0.05, 0) is 24.8 Å². The number of esters is 1. The van der Waals surface area contributed by atoms with Crippen molar-refractivity contribution in [3.63, 3.8) is 0 Å². The van der Waals surface area contributed by atoms with Crippen molar-refractivity contribution in [3.8, 4) is 0 Å². The first-order valence-corrected chi connectivity index (χ1v) is 6.65. The maximum absolute atomic E-state index is 11.9. The van der Waals surface area contributed by atoms with Crippen molar-refractivity contribution in [2.24, 2.45) is 5.92 Å². The molecule has 1 atom stereocenters. The molecule has 2 heterocycles. The molecule has 1 fully saturated rings. The maximum atomic E-state index is 11.9. The van der Waals surface area contributed by atoms with Gasteiger partial charge in [0, 0.05) is 12.6 Å². The molecule has 0 bridgehead atoms. The summed E-state index contributed by atoms with van der Waals surface area (Å²) in [5, 5.41) is 0. The minimum absolute atomic E-state index is 0.385. The van der Waals surface area contributed by atoms with Crippen molar-refractivity contribution in [1.29, 1.82) is 0 Å². The number of hydrogen-bond donors (Lipinski definition) is 1. The van der Waals surface area contributed by atoms with Gasteiger partial charge < -0.3 is 15.4 Å². The second kappa shape index (κ2) is 5.47. The minimum atomic E-state index is -0.385. The number of hydrogen-bond acceptors (Lipinski definition) is 5. The molecule has 0 amide bonds. The summed E-state index contributed by atoms with van der Waals surface area (Å²) in [6.07, 6.45) is 3.84. The predicted molar refractivity (Wildman–Crippen MR) is 75.2 cm³/mol. The van der Waals surface area contributed by atoms with Crippen LogP contribution in [0.15, 0.2) is 12.3 Å². The summed E-state index contributed by atoms with van der Waals surface area (Å²) >= 11 is 0. The third kappa shape index (κ3) is 2.64. The molecule has 104 valence electrons.